The van der Waals surface area contributed by atoms with Crippen LogP contribution in [0.1, 0.15) is 70.1 Å². The first-order valence-corrected chi connectivity index (χ1v) is 7.22. The molecule has 0 bridgehead atoms. The predicted molar refractivity (Wildman–Crippen MR) is 75.3 cm³/mol. The standard InChI is InChI=1S/C14H21N.C2H6/c1-3-12-5-8-13(9-6-12)14-7-4-11(2)15-10-14;1-2/h4,7,10,12-13H,3,5-6,8-9H2,1-2H3;1-2H3. The third-order valence-electron chi connectivity index (χ3n) is 3.83. The third-order valence-corrected chi connectivity index (χ3v) is 3.83. The van der Waals surface area contributed by atoms with E-state index in [2.05, 4.69) is 37.2 Å². The number of nitrogens with zero attached hydrogens (tertiary/aromatic N) is 1. The molecule has 1 heteroatoms. The molecule has 1 saturated carbocycles. The van der Waals surface area contributed by atoms with E-state index in [-0.39, 0.29) is 0 Å². The van der Waals surface area contributed by atoms with Crippen LogP contribution >= 0.6 is 0 Å². The van der Waals surface area contributed by atoms with Crippen LogP contribution < -0.4 is 0 Å². The lowest BCUT2D eigenvalue weighted by molar-refractivity contribution is 0.318. The van der Waals surface area contributed by atoms with E-state index >= 15 is 0 Å². The summed E-state index contributed by atoms with van der Waals surface area (Å²) in [7, 11) is 0. The van der Waals surface area contributed by atoms with E-state index in [0.29, 0.717) is 0 Å². The molecule has 0 amide bonds. The van der Waals surface area contributed by atoms with Gasteiger partial charge in [-0.05, 0) is 56.1 Å². The van der Waals surface area contributed by atoms with Crippen LogP contribution in [0.4, 0.5) is 0 Å². The summed E-state index contributed by atoms with van der Waals surface area (Å²) >= 11 is 0. The summed E-state index contributed by atoms with van der Waals surface area (Å²) in [6.07, 6.45) is 8.99. The lowest BCUT2D eigenvalue weighted by Gasteiger charge is -2.27. The van der Waals surface area contributed by atoms with Crippen LogP contribution in [0.2, 0.25) is 0 Å². The van der Waals surface area contributed by atoms with E-state index in [0.717, 1.165) is 17.5 Å². The SMILES string of the molecule is CC.CCC1CCC(c2ccc(C)nc2)CC1. The topological polar surface area (TPSA) is 12.9 Å². The first-order chi connectivity index (χ1) is 8.29. The monoisotopic (exact) mass is 233 g/mol. The average molecular weight is 233 g/mol. The van der Waals surface area contributed by atoms with Gasteiger partial charge in [0.2, 0.25) is 0 Å². The van der Waals surface area contributed by atoms with Crippen molar-refractivity contribution in [3.05, 3.63) is 29.6 Å². The fourth-order valence-corrected chi connectivity index (χ4v) is 2.62. The summed E-state index contributed by atoms with van der Waals surface area (Å²) in [5, 5.41) is 0. The van der Waals surface area contributed by atoms with E-state index in [9.17, 15) is 0 Å². The first-order valence-electron chi connectivity index (χ1n) is 7.22. The van der Waals surface area contributed by atoms with Gasteiger partial charge in [-0.3, -0.25) is 4.98 Å². The van der Waals surface area contributed by atoms with Crippen molar-refractivity contribution in [2.24, 2.45) is 5.92 Å². The Bertz CT molecular complexity index is 294. The second kappa shape index (κ2) is 7.47. The Labute approximate surface area is 107 Å². The number of aryl methyl sites for hydroxylation is 1. The zero-order valence-electron chi connectivity index (χ0n) is 11.9. The minimum absolute atomic E-state index is 0.779. The zero-order chi connectivity index (χ0) is 12.7. The Kier molecular flexibility index (Phi) is 6.25. The molecular formula is C16H27N. The molecule has 0 N–H and O–H groups in total. The lowest BCUT2D eigenvalue weighted by atomic mass is 9.78. The molecule has 1 heterocycles. The highest BCUT2D eigenvalue weighted by Crippen LogP contribution is 2.36. The van der Waals surface area contributed by atoms with Gasteiger partial charge in [-0.2, -0.15) is 0 Å². The lowest BCUT2D eigenvalue weighted by Crippen LogP contribution is -2.12. The van der Waals surface area contributed by atoms with Gasteiger partial charge in [0, 0.05) is 11.9 Å². The Morgan fingerprint density at radius 2 is 1.76 bits per heavy atom. The molecule has 0 aliphatic heterocycles. The van der Waals surface area contributed by atoms with Crippen LogP contribution in [0, 0.1) is 12.8 Å². The average Bonchev–Trinajstić information content (AvgIpc) is 2.42. The quantitative estimate of drug-likeness (QED) is 0.692. The molecule has 0 aromatic carbocycles. The van der Waals surface area contributed by atoms with Crippen LogP contribution in [0.5, 0.6) is 0 Å². The molecule has 1 fully saturated rings. The molecule has 17 heavy (non-hydrogen) atoms. The van der Waals surface area contributed by atoms with Crippen LogP contribution in [-0.2, 0) is 0 Å². The van der Waals surface area contributed by atoms with E-state index in [1.807, 2.05) is 13.8 Å². The fourth-order valence-electron chi connectivity index (χ4n) is 2.62. The molecule has 0 spiro atoms. The molecule has 96 valence electrons. The van der Waals surface area contributed by atoms with Crippen molar-refractivity contribution >= 4 is 0 Å². The van der Waals surface area contributed by atoms with Gasteiger partial charge in [-0.25, -0.2) is 0 Å². The summed E-state index contributed by atoms with van der Waals surface area (Å²) < 4.78 is 0. The van der Waals surface area contributed by atoms with Gasteiger partial charge in [0.25, 0.3) is 0 Å². The molecule has 0 atom stereocenters. The molecule has 2 rings (SSSR count). The van der Waals surface area contributed by atoms with E-state index in [1.165, 1.54) is 37.7 Å². The van der Waals surface area contributed by atoms with Crippen LogP contribution in [0.25, 0.3) is 0 Å². The van der Waals surface area contributed by atoms with Crippen molar-refractivity contribution in [1.29, 1.82) is 0 Å². The summed E-state index contributed by atoms with van der Waals surface area (Å²) in [6, 6.07) is 4.40. The van der Waals surface area contributed by atoms with Crippen LogP contribution in [0.15, 0.2) is 18.3 Å². The molecule has 1 aliphatic carbocycles. The summed E-state index contributed by atoms with van der Waals surface area (Å²) in [5.74, 6) is 1.76. The third kappa shape index (κ3) is 4.14. The number of hydrogen-bond donors (Lipinski definition) is 0. The Morgan fingerprint density at radius 1 is 1.12 bits per heavy atom. The largest absolute Gasteiger partial charge is 0.261 e. The Morgan fingerprint density at radius 3 is 2.24 bits per heavy atom. The fraction of sp³-hybridized carbons (Fsp3) is 0.688. The second-order valence-electron chi connectivity index (χ2n) is 4.86. The molecule has 0 unspecified atom stereocenters. The second-order valence-corrected chi connectivity index (χ2v) is 4.86. The maximum Gasteiger partial charge on any atom is 0.0372 e. The number of hydrogen-bond acceptors (Lipinski definition) is 1. The summed E-state index contributed by atoms with van der Waals surface area (Å²) in [4.78, 5) is 4.39. The predicted octanol–water partition coefficient (Wildman–Crippen LogP) is 5.10. The molecule has 1 aliphatic rings. The van der Waals surface area contributed by atoms with Gasteiger partial charge < -0.3 is 0 Å². The van der Waals surface area contributed by atoms with Crippen molar-refractivity contribution in [3.8, 4) is 0 Å². The number of rotatable bonds is 2. The van der Waals surface area contributed by atoms with Crippen molar-refractivity contribution < 1.29 is 0 Å². The van der Waals surface area contributed by atoms with Gasteiger partial charge in [0.15, 0.2) is 0 Å². The first kappa shape index (κ1) is 14.2. The normalized spacial score (nSPS) is 23.8. The van der Waals surface area contributed by atoms with Gasteiger partial charge >= 0.3 is 0 Å². The van der Waals surface area contributed by atoms with E-state index in [1.54, 1.807) is 0 Å². The highest BCUT2D eigenvalue weighted by molar-refractivity contribution is 5.18. The van der Waals surface area contributed by atoms with Gasteiger partial charge in [-0.1, -0.05) is 33.3 Å². The molecule has 1 nitrogen and oxygen atoms in total. The maximum absolute atomic E-state index is 4.39. The van der Waals surface area contributed by atoms with Gasteiger partial charge in [0.1, 0.15) is 0 Å². The van der Waals surface area contributed by atoms with Crippen molar-refractivity contribution in [3.63, 3.8) is 0 Å². The Balaban J connectivity index is 0.000000686. The molecule has 1 aromatic heterocycles. The number of pyridine rings is 1. The van der Waals surface area contributed by atoms with E-state index < -0.39 is 0 Å². The zero-order valence-corrected chi connectivity index (χ0v) is 11.9. The van der Waals surface area contributed by atoms with Crippen molar-refractivity contribution in [2.75, 3.05) is 0 Å². The van der Waals surface area contributed by atoms with Crippen LogP contribution in [0.3, 0.4) is 0 Å². The highest BCUT2D eigenvalue weighted by Gasteiger charge is 2.21. The molecule has 1 aromatic rings. The smallest absolute Gasteiger partial charge is 0.0372 e. The van der Waals surface area contributed by atoms with E-state index in [4.69, 9.17) is 0 Å². The van der Waals surface area contributed by atoms with Crippen molar-refractivity contribution in [2.45, 2.75) is 65.7 Å². The highest BCUT2D eigenvalue weighted by atomic mass is 14.7. The van der Waals surface area contributed by atoms with Crippen molar-refractivity contribution in [1.82, 2.24) is 4.98 Å². The van der Waals surface area contributed by atoms with Gasteiger partial charge in [0.05, 0.1) is 0 Å². The van der Waals surface area contributed by atoms with Crippen LogP contribution in [-0.4, -0.2) is 4.98 Å². The number of aromatic nitrogens is 1. The molecular weight excluding hydrogens is 206 g/mol. The van der Waals surface area contributed by atoms with Gasteiger partial charge in [-0.15, -0.1) is 0 Å². The minimum atomic E-state index is 0.779. The summed E-state index contributed by atoms with van der Waals surface area (Å²) in [6.45, 7) is 8.37. The maximum atomic E-state index is 4.39. The molecule has 0 saturated heterocycles. The molecule has 0 radical (unpaired) electrons. The summed E-state index contributed by atoms with van der Waals surface area (Å²) in [5.41, 5.74) is 2.58. The Hall–Kier alpha value is -0.850. The minimum Gasteiger partial charge on any atom is -0.261 e.